The summed E-state index contributed by atoms with van der Waals surface area (Å²) in [4.78, 5) is 19.8. The number of carbonyl (C=O) groups excluding carboxylic acids is 1. The maximum absolute atomic E-state index is 9.99. The summed E-state index contributed by atoms with van der Waals surface area (Å²) in [6.45, 7) is 0.606. The minimum absolute atomic E-state index is 0.225. The molecule has 4 nitrogen and oxygen atoms in total. The molecule has 0 amide bonds. The molecule has 0 N–H and O–H groups in total. The molecule has 0 saturated heterocycles. The molecule has 0 aromatic heterocycles. The summed E-state index contributed by atoms with van der Waals surface area (Å²) in [5.74, 6) is 0. The highest BCUT2D eigenvalue weighted by Crippen LogP contribution is 2.12. The summed E-state index contributed by atoms with van der Waals surface area (Å²) < 4.78 is 4.50. The van der Waals surface area contributed by atoms with Crippen LogP contribution in [0.5, 0.6) is 0 Å². The van der Waals surface area contributed by atoms with Crippen molar-refractivity contribution in [2.24, 2.45) is 5.18 Å². The molecule has 62 valence electrons. The summed E-state index contributed by atoms with van der Waals surface area (Å²) in [7, 11) is 0. The average molecular weight is 165 g/mol. The van der Waals surface area contributed by atoms with Crippen molar-refractivity contribution in [1.82, 2.24) is 0 Å². The Kier molecular flexibility index (Phi) is 2.95. The van der Waals surface area contributed by atoms with E-state index in [0.717, 1.165) is 5.56 Å². The van der Waals surface area contributed by atoms with Gasteiger partial charge in [0, 0.05) is 0 Å². The van der Waals surface area contributed by atoms with E-state index >= 15 is 0 Å². The maximum Gasteiger partial charge on any atom is 0.293 e. The lowest BCUT2D eigenvalue weighted by Gasteiger charge is -1.97. The van der Waals surface area contributed by atoms with Gasteiger partial charge in [-0.2, -0.15) is 0 Å². The van der Waals surface area contributed by atoms with Gasteiger partial charge in [-0.25, -0.2) is 0 Å². The van der Waals surface area contributed by atoms with Gasteiger partial charge in [0.05, 0.1) is 0 Å². The Bertz CT molecular complexity index is 268. The lowest BCUT2D eigenvalue weighted by Crippen LogP contribution is -1.88. The zero-order chi connectivity index (χ0) is 8.81. The molecule has 0 unspecified atom stereocenters. The van der Waals surface area contributed by atoms with Crippen molar-refractivity contribution in [2.45, 2.75) is 6.61 Å². The van der Waals surface area contributed by atoms with E-state index in [9.17, 15) is 9.70 Å². The number of carbonyl (C=O) groups is 1. The van der Waals surface area contributed by atoms with Crippen LogP contribution in [0.3, 0.4) is 0 Å². The first kappa shape index (κ1) is 8.39. The second kappa shape index (κ2) is 4.23. The minimum atomic E-state index is 0.225. The Hall–Kier alpha value is -1.71. The van der Waals surface area contributed by atoms with Gasteiger partial charge in [0.25, 0.3) is 6.47 Å². The standard InChI is InChI=1S/C8H7NO3/c10-6-12-5-7-1-3-8(9-11)4-2-7/h1-4,6H,5H2. The number of nitrogens with zero attached hydrogens (tertiary/aromatic N) is 1. The van der Waals surface area contributed by atoms with Crippen molar-refractivity contribution in [2.75, 3.05) is 0 Å². The van der Waals surface area contributed by atoms with Crippen molar-refractivity contribution in [3.63, 3.8) is 0 Å². The minimum Gasteiger partial charge on any atom is -0.463 e. The van der Waals surface area contributed by atoms with E-state index in [2.05, 4.69) is 9.91 Å². The fourth-order valence-electron chi connectivity index (χ4n) is 0.783. The van der Waals surface area contributed by atoms with Crippen molar-refractivity contribution < 1.29 is 9.53 Å². The lowest BCUT2D eigenvalue weighted by molar-refractivity contribution is -0.129. The van der Waals surface area contributed by atoms with Crippen LogP contribution in [0, 0.1) is 4.91 Å². The number of hydrogen-bond acceptors (Lipinski definition) is 4. The number of rotatable bonds is 4. The van der Waals surface area contributed by atoms with Crippen LogP contribution in [-0.2, 0) is 16.1 Å². The zero-order valence-electron chi connectivity index (χ0n) is 6.27. The van der Waals surface area contributed by atoms with Crippen LogP contribution in [0.25, 0.3) is 0 Å². The number of hydrogen-bond donors (Lipinski definition) is 0. The summed E-state index contributed by atoms with van der Waals surface area (Å²) in [5.41, 5.74) is 1.19. The normalized spacial score (nSPS) is 9.00. The van der Waals surface area contributed by atoms with Gasteiger partial charge in [-0.3, -0.25) is 4.79 Å². The van der Waals surface area contributed by atoms with Crippen molar-refractivity contribution in [3.05, 3.63) is 34.7 Å². The highest BCUT2D eigenvalue weighted by atomic mass is 16.5. The third-order valence-electron chi connectivity index (χ3n) is 1.36. The second-order valence-electron chi connectivity index (χ2n) is 2.16. The molecule has 0 spiro atoms. The molecule has 0 atom stereocenters. The number of benzene rings is 1. The SMILES string of the molecule is O=COCc1ccc(N=O)cc1. The fourth-order valence-corrected chi connectivity index (χ4v) is 0.783. The molecular weight excluding hydrogens is 158 g/mol. The Balaban J connectivity index is 2.64. The predicted octanol–water partition coefficient (Wildman–Crippen LogP) is 1.76. The molecule has 1 aromatic rings. The Morgan fingerprint density at radius 3 is 2.50 bits per heavy atom. The molecule has 4 heteroatoms. The van der Waals surface area contributed by atoms with E-state index in [4.69, 9.17) is 0 Å². The van der Waals surface area contributed by atoms with Crippen LogP contribution < -0.4 is 0 Å². The van der Waals surface area contributed by atoms with E-state index < -0.39 is 0 Å². The van der Waals surface area contributed by atoms with Crippen LogP contribution in [-0.4, -0.2) is 6.47 Å². The third kappa shape index (κ3) is 2.16. The lowest BCUT2D eigenvalue weighted by atomic mass is 10.2. The molecule has 1 aromatic carbocycles. The number of ether oxygens (including phenoxy) is 1. The Labute approximate surface area is 69.1 Å². The summed E-state index contributed by atoms with van der Waals surface area (Å²) in [6.07, 6.45) is 0. The van der Waals surface area contributed by atoms with Gasteiger partial charge in [-0.15, -0.1) is 4.91 Å². The van der Waals surface area contributed by atoms with E-state index in [1.54, 1.807) is 24.3 Å². The van der Waals surface area contributed by atoms with E-state index in [1.165, 1.54) is 0 Å². The molecule has 0 saturated carbocycles. The highest BCUT2D eigenvalue weighted by Gasteiger charge is 1.93. The molecule has 0 heterocycles. The largest absolute Gasteiger partial charge is 0.463 e. The van der Waals surface area contributed by atoms with Crippen LogP contribution in [0.15, 0.2) is 29.4 Å². The zero-order valence-corrected chi connectivity index (χ0v) is 6.27. The molecule has 0 aliphatic carbocycles. The molecule has 0 bridgehead atoms. The smallest absolute Gasteiger partial charge is 0.293 e. The maximum atomic E-state index is 9.99. The van der Waals surface area contributed by atoms with Gasteiger partial charge in [-0.1, -0.05) is 12.1 Å². The van der Waals surface area contributed by atoms with Crippen LogP contribution in [0.2, 0.25) is 0 Å². The van der Waals surface area contributed by atoms with E-state index in [-0.39, 0.29) is 6.61 Å². The molecule has 0 aliphatic rings. The molecule has 1 rings (SSSR count). The second-order valence-corrected chi connectivity index (χ2v) is 2.16. The monoisotopic (exact) mass is 165 g/mol. The van der Waals surface area contributed by atoms with Crippen molar-refractivity contribution in [3.8, 4) is 0 Å². The van der Waals surface area contributed by atoms with Crippen LogP contribution in [0.4, 0.5) is 5.69 Å². The summed E-state index contributed by atoms with van der Waals surface area (Å²) in [6, 6.07) is 6.49. The first-order valence-electron chi connectivity index (χ1n) is 3.34. The van der Waals surface area contributed by atoms with E-state index in [0.29, 0.717) is 12.2 Å². The van der Waals surface area contributed by atoms with Gasteiger partial charge < -0.3 is 4.74 Å². The topological polar surface area (TPSA) is 55.7 Å². The molecular formula is C8H7NO3. The quantitative estimate of drug-likeness (QED) is 0.504. The van der Waals surface area contributed by atoms with Gasteiger partial charge in [0.2, 0.25) is 0 Å². The molecule has 0 fully saturated rings. The van der Waals surface area contributed by atoms with Crippen LogP contribution >= 0.6 is 0 Å². The van der Waals surface area contributed by atoms with Gasteiger partial charge in [0.1, 0.15) is 12.3 Å². The molecule has 12 heavy (non-hydrogen) atoms. The summed E-state index contributed by atoms with van der Waals surface area (Å²) >= 11 is 0. The molecule has 0 aliphatic heterocycles. The van der Waals surface area contributed by atoms with Gasteiger partial charge in [0.15, 0.2) is 0 Å². The third-order valence-corrected chi connectivity index (χ3v) is 1.36. The van der Waals surface area contributed by atoms with Crippen molar-refractivity contribution in [1.29, 1.82) is 0 Å². The fraction of sp³-hybridized carbons (Fsp3) is 0.125. The van der Waals surface area contributed by atoms with E-state index in [1.807, 2.05) is 0 Å². The van der Waals surface area contributed by atoms with Crippen LogP contribution in [0.1, 0.15) is 5.56 Å². The Morgan fingerprint density at radius 1 is 1.33 bits per heavy atom. The first-order chi connectivity index (χ1) is 5.86. The van der Waals surface area contributed by atoms with Crippen molar-refractivity contribution >= 4 is 12.2 Å². The Morgan fingerprint density at radius 2 is 2.00 bits per heavy atom. The first-order valence-corrected chi connectivity index (χ1v) is 3.34. The van der Waals surface area contributed by atoms with Gasteiger partial charge in [-0.05, 0) is 22.9 Å². The molecule has 0 radical (unpaired) electrons. The number of nitroso groups, excluding NO2 is 1. The highest BCUT2D eigenvalue weighted by molar-refractivity contribution is 5.40. The predicted molar refractivity (Wildman–Crippen MR) is 42.8 cm³/mol. The average Bonchev–Trinajstić information content (AvgIpc) is 2.15. The van der Waals surface area contributed by atoms with Gasteiger partial charge >= 0.3 is 0 Å². The summed E-state index contributed by atoms with van der Waals surface area (Å²) in [5, 5.41) is 2.73.